The van der Waals surface area contributed by atoms with Crippen molar-refractivity contribution in [2.75, 3.05) is 0 Å². The van der Waals surface area contributed by atoms with Crippen molar-refractivity contribution in [2.45, 2.75) is 77.6 Å². The predicted octanol–water partition coefficient (Wildman–Crippen LogP) is 6.38. The summed E-state index contributed by atoms with van der Waals surface area (Å²) in [7, 11) is 0. The zero-order valence-electron chi connectivity index (χ0n) is 11.6. The van der Waals surface area contributed by atoms with Gasteiger partial charge in [0, 0.05) is 4.88 Å². The van der Waals surface area contributed by atoms with Gasteiger partial charge >= 0.3 is 0 Å². The van der Waals surface area contributed by atoms with Crippen LogP contribution in [0.1, 0.15) is 82.4 Å². The molecule has 0 radical (unpaired) electrons. The largest absolute Gasteiger partial charge is 0.149 e. The molecule has 0 saturated carbocycles. The Balaban J connectivity index is 2.31. The van der Waals surface area contributed by atoms with E-state index in [-0.39, 0.29) is 0 Å². The fraction of sp³-hybridized carbons (Fsp3) is 0.750. The van der Waals surface area contributed by atoms with Gasteiger partial charge in [-0.25, -0.2) is 0 Å². The standard InChI is InChI=1S/C16H28S/c1-3-5-7-9-12-15(11-8-6-4-2)16-13-10-14-17-16/h10,13-15H,3-9,11-12H2,1-2H3. The summed E-state index contributed by atoms with van der Waals surface area (Å²) in [5, 5.41) is 2.23. The Bertz CT molecular complexity index is 250. The number of thiophene rings is 1. The van der Waals surface area contributed by atoms with Gasteiger partial charge in [0.15, 0.2) is 0 Å². The van der Waals surface area contributed by atoms with Gasteiger partial charge in [0.2, 0.25) is 0 Å². The van der Waals surface area contributed by atoms with Gasteiger partial charge in [0.25, 0.3) is 0 Å². The lowest BCUT2D eigenvalue weighted by molar-refractivity contribution is 0.506. The Hall–Kier alpha value is -0.300. The molecule has 17 heavy (non-hydrogen) atoms. The fourth-order valence-electron chi connectivity index (χ4n) is 2.41. The van der Waals surface area contributed by atoms with E-state index in [0.717, 1.165) is 5.92 Å². The van der Waals surface area contributed by atoms with Gasteiger partial charge in [-0.2, -0.15) is 0 Å². The summed E-state index contributed by atoms with van der Waals surface area (Å²) in [4.78, 5) is 1.62. The second-order valence-electron chi connectivity index (χ2n) is 5.06. The minimum Gasteiger partial charge on any atom is -0.149 e. The first-order valence-electron chi connectivity index (χ1n) is 7.41. The average molecular weight is 252 g/mol. The van der Waals surface area contributed by atoms with Crippen LogP contribution in [0.4, 0.5) is 0 Å². The smallest absolute Gasteiger partial charge is 0.00761 e. The van der Waals surface area contributed by atoms with Crippen LogP contribution in [0.25, 0.3) is 0 Å². The summed E-state index contributed by atoms with van der Waals surface area (Å²) in [6.07, 6.45) is 12.6. The first-order chi connectivity index (χ1) is 8.38. The number of hydrogen-bond donors (Lipinski definition) is 0. The summed E-state index contributed by atoms with van der Waals surface area (Å²) < 4.78 is 0. The highest BCUT2D eigenvalue weighted by atomic mass is 32.1. The lowest BCUT2D eigenvalue weighted by Crippen LogP contribution is -1.97. The van der Waals surface area contributed by atoms with Crippen LogP contribution in [0.2, 0.25) is 0 Å². The van der Waals surface area contributed by atoms with Crippen LogP contribution in [0, 0.1) is 0 Å². The van der Waals surface area contributed by atoms with Crippen molar-refractivity contribution in [1.29, 1.82) is 0 Å². The highest BCUT2D eigenvalue weighted by Crippen LogP contribution is 2.31. The molecule has 0 fully saturated rings. The van der Waals surface area contributed by atoms with Gasteiger partial charge in [0.05, 0.1) is 0 Å². The van der Waals surface area contributed by atoms with Gasteiger partial charge < -0.3 is 0 Å². The molecule has 98 valence electrons. The molecule has 1 heteroatoms. The SMILES string of the molecule is CCCCCCC(CCCCC)c1cccs1. The summed E-state index contributed by atoms with van der Waals surface area (Å²) in [6.45, 7) is 4.58. The molecule has 1 heterocycles. The van der Waals surface area contributed by atoms with E-state index in [4.69, 9.17) is 0 Å². The quantitative estimate of drug-likeness (QED) is 0.424. The predicted molar refractivity (Wildman–Crippen MR) is 80.0 cm³/mol. The van der Waals surface area contributed by atoms with E-state index in [1.807, 2.05) is 11.3 Å². The molecule has 1 atom stereocenters. The molecule has 0 saturated heterocycles. The second kappa shape index (κ2) is 9.70. The molecule has 0 spiro atoms. The Morgan fingerprint density at radius 2 is 1.59 bits per heavy atom. The van der Waals surface area contributed by atoms with Gasteiger partial charge in [-0.05, 0) is 30.2 Å². The average Bonchev–Trinajstić information content (AvgIpc) is 2.86. The zero-order valence-corrected chi connectivity index (χ0v) is 12.4. The number of rotatable bonds is 10. The summed E-state index contributed by atoms with van der Waals surface area (Å²) in [5.41, 5.74) is 0. The highest BCUT2D eigenvalue weighted by molar-refractivity contribution is 7.10. The van der Waals surface area contributed by atoms with Crippen molar-refractivity contribution >= 4 is 11.3 Å². The van der Waals surface area contributed by atoms with Crippen LogP contribution in [0.15, 0.2) is 17.5 Å². The molecule has 0 aliphatic carbocycles. The Morgan fingerprint density at radius 1 is 0.941 bits per heavy atom. The first-order valence-corrected chi connectivity index (χ1v) is 8.29. The van der Waals surface area contributed by atoms with Crippen LogP contribution in [-0.4, -0.2) is 0 Å². The molecule has 0 amide bonds. The molecule has 0 aliphatic heterocycles. The van der Waals surface area contributed by atoms with Crippen LogP contribution in [0.5, 0.6) is 0 Å². The Labute approximate surface area is 111 Å². The maximum atomic E-state index is 2.33. The maximum Gasteiger partial charge on any atom is 0.00761 e. The van der Waals surface area contributed by atoms with Gasteiger partial charge in [0.1, 0.15) is 0 Å². The maximum absolute atomic E-state index is 2.33. The third kappa shape index (κ3) is 6.26. The second-order valence-corrected chi connectivity index (χ2v) is 6.04. The Kier molecular flexibility index (Phi) is 8.42. The van der Waals surface area contributed by atoms with Crippen LogP contribution in [0.3, 0.4) is 0 Å². The van der Waals surface area contributed by atoms with E-state index >= 15 is 0 Å². The molecular formula is C16H28S. The number of unbranched alkanes of at least 4 members (excludes halogenated alkanes) is 5. The minimum absolute atomic E-state index is 0.846. The molecule has 0 N–H and O–H groups in total. The molecule has 1 unspecified atom stereocenters. The number of hydrogen-bond acceptors (Lipinski definition) is 1. The Morgan fingerprint density at radius 3 is 2.18 bits per heavy atom. The van der Waals surface area contributed by atoms with Crippen molar-refractivity contribution in [1.82, 2.24) is 0 Å². The van der Waals surface area contributed by atoms with Gasteiger partial charge in [-0.1, -0.05) is 64.9 Å². The van der Waals surface area contributed by atoms with E-state index in [1.54, 1.807) is 4.88 Å². The van der Waals surface area contributed by atoms with Crippen molar-refractivity contribution < 1.29 is 0 Å². The normalized spacial score (nSPS) is 12.8. The third-order valence-corrected chi connectivity index (χ3v) is 4.54. The van der Waals surface area contributed by atoms with Crippen molar-refractivity contribution in [3.63, 3.8) is 0 Å². The topological polar surface area (TPSA) is 0 Å². The fourth-order valence-corrected chi connectivity index (χ4v) is 3.31. The molecule has 0 nitrogen and oxygen atoms in total. The summed E-state index contributed by atoms with van der Waals surface area (Å²) >= 11 is 1.95. The molecule has 1 aromatic heterocycles. The van der Waals surface area contributed by atoms with Gasteiger partial charge in [-0.3, -0.25) is 0 Å². The van der Waals surface area contributed by atoms with Crippen molar-refractivity contribution in [2.24, 2.45) is 0 Å². The van der Waals surface area contributed by atoms with Crippen molar-refractivity contribution in [3.8, 4) is 0 Å². The van der Waals surface area contributed by atoms with E-state index < -0.39 is 0 Å². The molecule has 0 bridgehead atoms. The van der Waals surface area contributed by atoms with E-state index in [1.165, 1.54) is 57.8 Å². The summed E-state index contributed by atoms with van der Waals surface area (Å²) in [6, 6.07) is 4.54. The van der Waals surface area contributed by atoms with E-state index in [0.29, 0.717) is 0 Å². The zero-order chi connectivity index (χ0) is 12.3. The lowest BCUT2D eigenvalue weighted by Gasteiger charge is -2.15. The molecule has 1 aromatic rings. The van der Waals surface area contributed by atoms with Crippen molar-refractivity contribution in [3.05, 3.63) is 22.4 Å². The van der Waals surface area contributed by atoms with Gasteiger partial charge in [-0.15, -0.1) is 11.3 Å². The van der Waals surface area contributed by atoms with Crippen LogP contribution in [-0.2, 0) is 0 Å². The molecule has 0 aliphatic rings. The monoisotopic (exact) mass is 252 g/mol. The molecular weight excluding hydrogens is 224 g/mol. The third-order valence-electron chi connectivity index (χ3n) is 3.51. The van der Waals surface area contributed by atoms with Crippen LogP contribution < -0.4 is 0 Å². The lowest BCUT2D eigenvalue weighted by atomic mass is 9.93. The molecule has 1 rings (SSSR count). The first kappa shape index (κ1) is 14.8. The minimum atomic E-state index is 0.846. The summed E-state index contributed by atoms with van der Waals surface area (Å²) in [5.74, 6) is 0.846. The highest BCUT2D eigenvalue weighted by Gasteiger charge is 2.11. The van der Waals surface area contributed by atoms with Crippen LogP contribution >= 0.6 is 11.3 Å². The molecule has 0 aromatic carbocycles. The van der Waals surface area contributed by atoms with E-state index in [2.05, 4.69) is 31.4 Å². The van der Waals surface area contributed by atoms with E-state index in [9.17, 15) is 0 Å².